The normalized spacial score (nSPS) is 25.2. The largest absolute Gasteiger partial charge is 0.480 e. The van der Waals surface area contributed by atoms with Gasteiger partial charge in [-0.25, -0.2) is 9.59 Å². The van der Waals surface area contributed by atoms with Crippen molar-refractivity contribution in [3.63, 3.8) is 0 Å². The van der Waals surface area contributed by atoms with E-state index in [1.54, 1.807) is 16.8 Å². The van der Waals surface area contributed by atoms with Crippen LogP contribution in [-0.4, -0.2) is 64.2 Å². The molecule has 2 amide bonds. The molecule has 2 atom stereocenters. The maximum absolute atomic E-state index is 14.1. The van der Waals surface area contributed by atoms with Gasteiger partial charge in [-0.15, -0.1) is 0 Å². The third-order valence-electron chi connectivity index (χ3n) is 8.25. The molecule has 38 heavy (non-hydrogen) atoms. The standard InChI is InChI=1S/C31H44N2O5/c1-19(2)15-26-25-16-22-9-7-8-10-23(22)24(25)17-27(29(35)36)33(26)28(34)21-13-11-20(12-14-21)18-32(6)30(37)38-31(3,4)5/h7-10,19-21,26-27H,11-18H2,1-6H3,(H,35,36). The van der Waals surface area contributed by atoms with Crippen molar-refractivity contribution in [3.05, 3.63) is 41.0 Å². The Morgan fingerprint density at radius 3 is 2.37 bits per heavy atom. The van der Waals surface area contributed by atoms with Crippen molar-refractivity contribution < 1.29 is 24.2 Å². The van der Waals surface area contributed by atoms with Crippen molar-refractivity contribution in [3.8, 4) is 0 Å². The molecule has 1 aromatic rings. The summed E-state index contributed by atoms with van der Waals surface area (Å²) >= 11 is 0. The fraction of sp³-hybridized carbons (Fsp3) is 0.645. The molecule has 208 valence electrons. The summed E-state index contributed by atoms with van der Waals surface area (Å²) in [6, 6.07) is 7.24. The first-order valence-corrected chi connectivity index (χ1v) is 14.1. The fourth-order valence-electron chi connectivity index (χ4n) is 6.51. The van der Waals surface area contributed by atoms with Gasteiger partial charge in [0.2, 0.25) is 5.91 Å². The predicted molar refractivity (Wildman–Crippen MR) is 148 cm³/mol. The van der Waals surface area contributed by atoms with Crippen LogP contribution in [0.2, 0.25) is 0 Å². The van der Waals surface area contributed by atoms with Crippen LogP contribution in [0, 0.1) is 17.8 Å². The molecule has 7 nitrogen and oxygen atoms in total. The van der Waals surface area contributed by atoms with E-state index < -0.39 is 17.6 Å². The van der Waals surface area contributed by atoms with Crippen LogP contribution in [0.25, 0.3) is 5.57 Å². The highest BCUT2D eigenvalue weighted by atomic mass is 16.6. The van der Waals surface area contributed by atoms with Gasteiger partial charge in [0.05, 0.1) is 6.04 Å². The molecule has 1 heterocycles. The molecule has 7 heteroatoms. The average molecular weight is 525 g/mol. The Labute approximate surface area is 227 Å². The van der Waals surface area contributed by atoms with E-state index in [1.165, 1.54) is 11.1 Å². The second kappa shape index (κ2) is 11.1. The lowest BCUT2D eigenvalue weighted by atomic mass is 9.78. The number of rotatable bonds is 6. The SMILES string of the molecule is CC(C)CC1C2=C(CC(C(=O)O)N1C(=O)C1CCC(CN(C)C(=O)OC(C)(C)C)CC1)c1ccccc1C2. The minimum atomic E-state index is -0.921. The van der Waals surface area contributed by atoms with E-state index in [-0.39, 0.29) is 24.0 Å². The van der Waals surface area contributed by atoms with Gasteiger partial charge in [-0.05, 0) is 93.4 Å². The van der Waals surface area contributed by atoms with E-state index in [4.69, 9.17) is 4.74 Å². The number of carbonyl (C=O) groups excluding carboxylic acids is 2. The molecule has 1 aliphatic heterocycles. The summed E-state index contributed by atoms with van der Waals surface area (Å²) in [6.07, 6.45) is 4.71. The molecule has 1 fully saturated rings. The lowest BCUT2D eigenvalue weighted by Crippen LogP contribution is -2.56. The quantitative estimate of drug-likeness (QED) is 0.511. The maximum Gasteiger partial charge on any atom is 0.410 e. The minimum absolute atomic E-state index is 0.00972. The van der Waals surface area contributed by atoms with Crippen LogP contribution in [0.3, 0.4) is 0 Å². The lowest BCUT2D eigenvalue weighted by Gasteiger charge is -2.44. The number of benzene rings is 1. The molecular formula is C31H44N2O5. The van der Waals surface area contributed by atoms with Crippen molar-refractivity contribution >= 4 is 23.5 Å². The molecule has 1 aromatic carbocycles. The first kappa shape index (κ1) is 28.2. The van der Waals surface area contributed by atoms with E-state index in [2.05, 4.69) is 26.0 Å². The lowest BCUT2D eigenvalue weighted by molar-refractivity contribution is -0.155. The van der Waals surface area contributed by atoms with Gasteiger partial charge >= 0.3 is 12.1 Å². The third kappa shape index (κ3) is 6.08. The Bertz CT molecular complexity index is 1090. The summed E-state index contributed by atoms with van der Waals surface area (Å²) in [4.78, 5) is 42.4. The highest BCUT2D eigenvalue weighted by molar-refractivity contribution is 5.91. The zero-order chi connectivity index (χ0) is 27.8. The van der Waals surface area contributed by atoms with Gasteiger partial charge in [0, 0.05) is 25.9 Å². The Kier molecular flexibility index (Phi) is 8.24. The summed E-state index contributed by atoms with van der Waals surface area (Å²) in [5.41, 5.74) is 4.23. The number of ether oxygens (including phenoxy) is 1. The number of carboxylic acid groups (broad SMARTS) is 1. The monoisotopic (exact) mass is 524 g/mol. The highest BCUT2D eigenvalue weighted by Crippen LogP contribution is 2.45. The molecule has 0 radical (unpaired) electrons. The zero-order valence-corrected chi connectivity index (χ0v) is 23.8. The van der Waals surface area contributed by atoms with Gasteiger partial charge in [-0.3, -0.25) is 4.79 Å². The molecule has 1 saturated carbocycles. The summed E-state index contributed by atoms with van der Waals surface area (Å²) < 4.78 is 5.48. The number of amides is 2. The molecule has 1 N–H and O–H groups in total. The predicted octanol–water partition coefficient (Wildman–Crippen LogP) is 5.77. The van der Waals surface area contributed by atoms with E-state index in [0.717, 1.165) is 49.7 Å². The van der Waals surface area contributed by atoms with Gasteiger partial charge in [0.25, 0.3) is 0 Å². The summed E-state index contributed by atoms with van der Waals surface area (Å²) in [6.45, 7) is 10.5. The maximum atomic E-state index is 14.1. The number of nitrogens with zero attached hydrogens (tertiary/aromatic N) is 2. The Balaban J connectivity index is 1.49. The van der Waals surface area contributed by atoms with Crippen LogP contribution in [0.4, 0.5) is 4.79 Å². The van der Waals surface area contributed by atoms with Crippen molar-refractivity contribution in [1.29, 1.82) is 0 Å². The minimum Gasteiger partial charge on any atom is -0.480 e. The van der Waals surface area contributed by atoms with Crippen molar-refractivity contribution in [1.82, 2.24) is 9.80 Å². The van der Waals surface area contributed by atoms with Crippen LogP contribution in [0.15, 0.2) is 29.8 Å². The second-order valence-corrected chi connectivity index (χ2v) is 12.9. The fourth-order valence-corrected chi connectivity index (χ4v) is 6.51. The molecule has 0 spiro atoms. The van der Waals surface area contributed by atoms with Gasteiger partial charge < -0.3 is 19.6 Å². The highest BCUT2D eigenvalue weighted by Gasteiger charge is 2.46. The van der Waals surface area contributed by atoms with E-state index in [0.29, 0.717) is 24.8 Å². The summed E-state index contributed by atoms with van der Waals surface area (Å²) in [5, 5.41) is 10.3. The third-order valence-corrected chi connectivity index (χ3v) is 8.25. The number of aliphatic carboxylic acids is 1. The molecule has 2 aliphatic carbocycles. The number of fused-ring (bicyclic) bond motifs is 2. The first-order chi connectivity index (χ1) is 17.9. The summed E-state index contributed by atoms with van der Waals surface area (Å²) in [7, 11) is 1.76. The molecular weight excluding hydrogens is 480 g/mol. The Morgan fingerprint density at radius 1 is 1.11 bits per heavy atom. The van der Waals surface area contributed by atoms with Crippen LogP contribution in [0.5, 0.6) is 0 Å². The van der Waals surface area contributed by atoms with Crippen molar-refractivity contribution in [2.24, 2.45) is 17.8 Å². The first-order valence-electron chi connectivity index (χ1n) is 14.1. The van der Waals surface area contributed by atoms with Gasteiger partial charge in [-0.1, -0.05) is 38.1 Å². The molecule has 0 saturated heterocycles. The van der Waals surface area contributed by atoms with Crippen LogP contribution >= 0.6 is 0 Å². The van der Waals surface area contributed by atoms with Crippen molar-refractivity contribution in [2.75, 3.05) is 13.6 Å². The molecule has 0 aromatic heterocycles. The number of carboxylic acids is 1. The van der Waals surface area contributed by atoms with E-state index in [1.807, 2.05) is 32.9 Å². The van der Waals surface area contributed by atoms with Crippen LogP contribution in [-0.2, 0) is 20.7 Å². The number of hydrogen-bond acceptors (Lipinski definition) is 4. The van der Waals surface area contributed by atoms with E-state index >= 15 is 0 Å². The average Bonchev–Trinajstić information content (AvgIpc) is 3.21. The number of hydrogen-bond donors (Lipinski definition) is 1. The molecule has 4 rings (SSSR count). The molecule has 2 unspecified atom stereocenters. The topological polar surface area (TPSA) is 87.2 Å². The Hall–Kier alpha value is -2.83. The smallest absolute Gasteiger partial charge is 0.410 e. The van der Waals surface area contributed by atoms with Gasteiger partial charge in [0.1, 0.15) is 11.6 Å². The summed E-state index contributed by atoms with van der Waals surface area (Å²) in [5.74, 6) is -0.474. The molecule has 3 aliphatic rings. The second-order valence-electron chi connectivity index (χ2n) is 12.9. The van der Waals surface area contributed by atoms with Crippen LogP contribution in [0.1, 0.15) is 84.3 Å². The van der Waals surface area contributed by atoms with E-state index in [9.17, 15) is 19.5 Å². The van der Waals surface area contributed by atoms with Crippen LogP contribution < -0.4 is 0 Å². The van der Waals surface area contributed by atoms with Crippen molar-refractivity contribution in [2.45, 2.75) is 97.2 Å². The van der Waals surface area contributed by atoms with Gasteiger partial charge in [0.15, 0.2) is 0 Å². The molecule has 0 bridgehead atoms. The zero-order valence-electron chi connectivity index (χ0n) is 23.8. The van der Waals surface area contributed by atoms with Gasteiger partial charge in [-0.2, -0.15) is 0 Å². The Morgan fingerprint density at radius 2 is 1.76 bits per heavy atom. The number of carbonyl (C=O) groups is 3.